The van der Waals surface area contributed by atoms with Gasteiger partial charge >= 0.3 is 5.97 Å². The number of hydrogen-bond acceptors (Lipinski definition) is 3. The van der Waals surface area contributed by atoms with Gasteiger partial charge < -0.3 is 9.47 Å². The number of ether oxygens (including phenoxy) is 2. The molecule has 2 fully saturated rings. The number of benzene rings is 3. The lowest BCUT2D eigenvalue weighted by atomic mass is 9.75. The maximum absolute atomic E-state index is 12.6. The maximum atomic E-state index is 12.6. The van der Waals surface area contributed by atoms with E-state index in [1.807, 2.05) is 24.3 Å². The van der Waals surface area contributed by atoms with Crippen molar-refractivity contribution >= 4 is 21.9 Å². The smallest absolute Gasteiger partial charge is 0.313 e. The summed E-state index contributed by atoms with van der Waals surface area (Å²) >= 11 is 3.65. The number of hydrogen-bond donors (Lipinski definition) is 0. The molecule has 3 aromatic rings. The Morgan fingerprint density at radius 2 is 1.72 bits per heavy atom. The summed E-state index contributed by atoms with van der Waals surface area (Å²) in [6, 6.07) is 24.9. The molecule has 2 atom stereocenters. The molecule has 0 radical (unpaired) electrons. The summed E-state index contributed by atoms with van der Waals surface area (Å²) < 4.78 is 12.4. The molecule has 0 amide bonds. The zero-order valence-electron chi connectivity index (χ0n) is 17.9. The largest absolute Gasteiger partial charge is 0.488 e. The van der Waals surface area contributed by atoms with Crippen molar-refractivity contribution < 1.29 is 14.3 Å². The molecule has 1 aliphatic carbocycles. The van der Waals surface area contributed by atoms with Crippen LogP contribution in [0.1, 0.15) is 24.0 Å². The second-order valence-corrected chi connectivity index (χ2v) is 9.73. The van der Waals surface area contributed by atoms with Crippen LogP contribution in [0, 0.1) is 11.3 Å². The highest BCUT2D eigenvalue weighted by molar-refractivity contribution is 9.10. The van der Waals surface area contributed by atoms with Gasteiger partial charge in [-0.3, -0.25) is 4.79 Å². The van der Waals surface area contributed by atoms with Gasteiger partial charge in [0, 0.05) is 5.92 Å². The fraction of sp³-hybridized carbons (Fsp3) is 0.250. The summed E-state index contributed by atoms with van der Waals surface area (Å²) in [4.78, 5) is 12.6. The molecule has 0 spiro atoms. The zero-order valence-corrected chi connectivity index (χ0v) is 19.4. The van der Waals surface area contributed by atoms with E-state index >= 15 is 0 Å². The first kappa shape index (κ1) is 21.0. The summed E-state index contributed by atoms with van der Waals surface area (Å²) in [6.45, 7) is 5.14. The molecule has 3 aromatic carbocycles. The summed E-state index contributed by atoms with van der Waals surface area (Å²) in [5, 5.41) is 0. The lowest BCUT2D eigenvalue weighted by Gasteiger charge is -2.24. The highest BCUT2D eigenvalue weighted by Crippen LogP contribution is 2.52. The van der Waals surface area contributed by atoms with Crippen molar-refractivity contribution in [3.63, 3.8) is 0 Å². The number of esters is 1. The third kappa shape index (κ3) is 4.00. The molecule has 1 aliphatic heterocycles. The minimum atomic E-state index is -0.445. The van der Waals surface area contributed by atoms with Crippen molar-refractivity contribution in [1.82, 2.24) is 0 Å². The lowest BCUT2D eigenvalue weighted by Crippen LogP contribution is -2.31. The van der Waals surface area contributed by atoms with Gasteiger partial charge in [-0.15, -0.1) is 0 Å². The Hall–Kier alpha value is -2.85. The van der Waals surface area contributed by atoms with Crippen LogP contribution in [0.4, 0.5) is 0 Å². The Balaban J connectivity index is 1.25. The van der Waals surface area contributed by atoms with Crippen molar-refractivity contribution in [2.45, 2.75) is 25.9 Å². The third-order valence-electron chi connectivity index (χ3n) is 6.68. The molecule has 32 heavy (non-hydrogen) atoms. The monoisotopic (exact) mass is 488 g/mol. The predicted octanol–water partition coefficient (Wildman–Crippen LogP) is 6.75. The van der Waals surface area contributed by atoms with Gasteiger partial charge in [0.1, 0.15) is 12.4 Å². The van der Waals surface area contributed by atoms with Gasteiger partial charge in [0.25, 0.3) is 0 Å². The molecule has 4 heteroatoms. The van der Waals surface area contributed by atoms with Gasteiger partial charge in [-0.05, 0) is 69.6 Å². The molecule has 0 bridgehead atoms. The van der Waals surface area contributed by atoms with E-state index in [1.165, 1.54) is 11.1 Å². The molecule has 1 saturated heterocycles. The van der Waals surface area contributed by atoms with Crippen molar-refractivity contribution in [2.24, 2.45) is 11.3 Å². The van der Waals surface area contributed by atoms with Gasteiger partial charge in [-0.2, -0.15) is 0 Å². The SMILES string of the molecule is C=C1CC2COC(=O)C2(Cc2ccc(OCc3ccc(-c4ccccc4)cc3)c(Br)c2)C1. The van der Waals surface area contributed by atoms with Gasteiger partial charge in [0.15, 0.2) is 0 Å². The maximum Gasteiger partial charge on any atom is 0.313 e. The number of allylic oxidation sites excluding steroid dienone is 1. The summed E-state index contributed by atoms with van der Waals surface area (Å²) in [5.41, 5.74) is 5.33. The number of halogens is 1. The second-order valence-electron chi connectivity index (χ2n) is 8.88. The van der Waals surface area contributed by atoms with Gasteiger partial charge in [0.05, 0.1) is 16.5 Å². The van der Waals surface area contributed by atoms with E-state index in [-0.39, 0.29) is 11.9 Å². The standard InChI is InChI=1S/C28H25BrO3/c1-19-13-24-18-32-27(30)28(24,15-19)16-21-9-12-26(25(29)14-21)31-17-20-7-10-23(11-8-20)22-5-3-2-4-6-22/h2-12,14,24H,1,13,15-18H2. The average molecular weight is 489 g/mol. The van der Waals surface area contributed by atoms with E-state index in [1.54, 1.807) is 0 Å². The summed E-state index contributed by atoms with van der Waals surface area (Å²) in [7, 11) is 0. The Morgan fingerprint density at radius 1 is 1.00 bits per heavy atom. The average Bonchev–Trinajstić information content (AvgIpc) is 3.27. The van der Waals surface area contributed by atoms with Crippen LogP contribution < -0.4 is 4.74 Å². The Bertz CT molecular complexity index is 1150. The second kappa shape index (κ2) is 8.59. The van der Waals surface area contributed by atoms with E-state index in [4.69, 9.17) is 9.47 Å². The molecular formula is C28H25BrO3. The van der Waals surface area contributed by atoms with Crippen LogP contribution in [-0.2, 0) is 22.6 Å². The van der Waals surface area contributed by atoms with E-state index in [0.717, 1.165) is 39.8 Å². The van der Waals surface area contributed by atoms with Crippen LogP contribution in [0.2, 0.25) is 0 Å². The highest BCUT2D eigenvalue weighted by atomic mass is 79.9. The van der Waals surface area contributed by atoms with E-state index < -0.39 is 5.41 Å². The first-order valence-corrected chi connectivity index (χ1v) is 11.7. The molecule has 2 unspecified atom stereocenters. The molecule has 0 N–H and O–H groups in total. The van der Waals surface area contributed by atoms with E-state index in [0.29, 0.717) is 19.6 Å². The van der Waals surface area contributed by atoms with Crippen LogP contribution in [0.3, 0.4) is 0 Å². The van der Waals surface area contributed by atoms with Gasteiger partial charge in [-0.25, -0.2) is 0 Å². The molecule has 2 aliphatic rings. The van der Waals surface area contributed by atoms with E-state index in [9.17, 15) is 4.79 Å². The Labute approximate surface area is 197 Å². The number of carbonyl (C=O) groups is 1. The molecule has 0 aromatic heterocycles. The fourth-order valence-electron chi connectivity index (χ4n) is 4.98. The molecule has 3 nitrogen and oxygen atoms in total. The molecule has 1 heterocycles. The number of cyclic esters (lactones) is 1. The van der Waals surface area contributed by atoms with Crippen molar-refractivity contribution in [1.29, 1.82) is 0 Å². The quantitative estimate of drug-likeness (QED) is 0.284. The van der Waals surface area contributed by atoms with Gasteiger partial charge in [0.2, 0.25) is 0 Å². The number of rotatable bonds is 6. The highest BCUT2D eigenvalue weighted by Gasteiger charge is 2.55. The number of fused-ring (bicyclic) bond motifs is 1. The molecule has 1 saturated carbocycles. The minimum absolute atomic E-state index is 0.0726. The van der Waals surface area contributed by atoms with Crippen LogP contribution >= 0.6 is 15.9 Å². The normalized spacial score (nSPS) is 22.0. The van der Waals surface area contributed by atoms with Crippen LogP contribution in [0.15, 0.2) is 89.4 Å². The molecular weight excluding hydrogens is 464 g/mol. The third-order valence-corrected chi connectivity index (χ3v) is 7.30. The van der Waals surface area contributed by atoms with Crippen LogP contribution in [-0.4, -0.2) is 12.6 Å². The van der Waals surface area contributed by atoms with Crippen LogP contribution in [0.5, 0.6) is 5.75 Å². The Kier molecular flexibility index (Phi) is 5.64. The van der Waals surface area contributed by atoms with Crippen LogP contribution in [0.25, 0.3) is 11.1 Å². The molecule has 162 valence electrons. The topological polar surface area (TPSA) is 35.5 Å². The first-order chi connectivity index (χ1) is 15.5. The Morgan fingerprint density at radius 3 is 2.47 bits per heavy atom. The van der Waals surface area contributed by atoms with Gasteiger partial charge in [-0.1, -0.05) is 72.8 Å². The number of carbonyl (C=O) groups excluding carboxylic acids is 1. The lowest BCUT2D eigenvalue weighted by molar-refractivity contribution is -0.146. The predicted molar refractivity (Wildman–Crippen MR) is 129 cm³/mol. The van der Waals surface area contributed by atoms with Crippen molar-refractivity contribution in [2.75, 3.05) is 6.61 Å². The summed E-state index contributed by atoms with van der Waals surface area (Å²) in [6.07, 6.45) is 2.29. The van der Waals surface area contributed by atoms with E-state index in [2.05, 4.69) is 71.0 Å². The minimum Gasteiger partial charge on any atom is -0.488 e. The van der Waals surface area contributed by atoms with Crippen molar-refractivity contribution in [3.8, 4) is 16.9 Å². The first-order valence-electron chi connectivity index (χ1n) is 10.9. The molecule has 5 rings (SSSR count). The summed E-state index contributed by atoms with van der Waals surface area (Å²) in [5.74, 6) is 0.965. The van der Waals surface area contributed by atoms with Crippen molar-refractivity contribution in [3.05, 3.63) is 101 Å². The zero-order chi connectivity index (χ0) is 22.1. The fourth-order valence-corrected chi connectivity index (χ4v) is 5.52.